The van der Waals surface area contributed by atoms with Crippen LogP contribution in [-0.4, -0.2) is 31.5 Å². The summed E-state index contributed by atoms with van der Waals surface area (Å²) >= 11 is 0. The summed E-state index contributed by atoms with van der Waals surface area (Å²) in [5.41, 5.74) is 3.84. The van der Waals surface area contributed by atoms with Crippen LogP contribution < -0.4 is 4.74 Å². The van der Waals surface area contributed by atoms with Gasteiger partial charge in [0.15, 0.2) is 0 Å². The summed E-state index contributed by atoms with van der Waals surface area (Å²) in [6.07, 6.45) is 3.63. The number of hydrogen-bond acceptors (Lipinski definition) is 3. The molecule has 0 spiro atoms. The SMILES string of the molecule is COC1(c2cc(F)cc(OCCc3cn(Cc4ccccc4)c4ccccc34)c2)CCOC1. The first-order chi connectivity index (χ1) is 16.2. The number of para-hydroxylation sites is 1. The summed E-state index contributed by atoms with van der Waals surface area (Å²) in [7, 11) is 1.64. The molecule has 0 amide bonds. The van der Waals surface area contributed by atoms with Gasteiger partial charge in [0.2, 0.25) is 0 Å². The van der Waals surface area contributed by atoms with Crippen molar-refractivity contribution < 1.29 is 18.6 Å². The molecule has 4 nitrogen and oxygen atoms in total. The molecule has 5 rings (SSSR count). The zero-order chi connectivity index (χ0) is 22.7. The molecule has 33 heavy (non-hydrogen) atoms. The van der Waals surface area contributed by atoms with Gasteiger partial charge in [-0.3, -0.25) is 0 Å². The molecule has 0 radical (unpaired) electrons. The van der Waals surface area contributed by atoms with Gasteiger partial charge in [0.1, 0.15) is 17.2 Å². The van der Waals surface area contributed by atoms with Crippen LogP contribution in [0.3, 0.4) is 0 Å². The van der Waals surface area contributed by atoms with Gasteiger partial charge in [-0.2, -0.15) is 0 Å². The molecule has 1 unspecified atom stereocenters. The van der Waals surface area contributed by atoms with Crippen LogP contribution in [0.5, 0.6) is 5.75 Å². The first kappa shape index (κ1) is 21.7. The third-order valence-electron chi connectivity index (χ3n) is 6.48. The molecule has 170 valence electrons. The van der Waals surface area contributed by atoms with Crippen LogP contribution in [0.4, 0.5) is 4.39 Å². The van der Waals surface area contributed by atoms with Crippen LogP contribution in [0, 0.1) is 5.82 Å². The van der Waals surface area contributed by atoms with Crippen LogP contribution >= 0.6 is 0 Å². The number of hydrogen-bond donors (Lipinski definition) is 0. The molecule has 4 aromatic rings. The molecule has 0 bridgehead atoms. The Morgan fingerprint density at radius 2 is 1.85 bits per heavy atom. The number of aromatic nitrogens is 1. The maximum Gasteiger partial charge on any atom is 0.127 e. The fourth-order valence-corrected chi connectivity index (χ4v) is 4.67. The van der Waals surface area contributed by atoms with E-state index in [0.29, 0.717) is 32.0 Å². The number of methoxy groups -OCH3 is 1. The second-order valence-electron chi connectivity index (χ2n) is 8.56. The van der Waals surface area contributed by atoms with Gasteiger partial charge in [-0.05, 0) is 34.9 Å². The van der Waals surface area contributed by atoms with Crippen LogP contribution in [0.1, 0.15) is 23.1 Å². The van der Waals surface area contributed by atoms with Gasteiger partial charge in [0, 0.05) is 56.3 Å². The minimum absolute atomic E-state index is 0.328. The highest BCUT2D eigenvalue weighted by Crippen LogP contribution is 2.36. The van der Waals surface area contributed by atoms with Crippen molar-refractivity contribution in [2.75, 3.05) is 26.9 Å². The van der Waals surface area contributed by atoms with Gasteiger partial charge < -0.3 is 18.8 Å². The zero-order valence-electron chi connectivity index (χ0n) is 18.8. The Hall–Kier alpha value is -3.15. The van der Waals surface area contributed by atoms with Crippen molar-refractivity contribution in [3.8, 4) is 5.75 Å². The minimum atomic E-state index is -0.606. The van der Waals surface area contributed by atoms with Crippen molar-refractivity contribution in [1.29, 1.82) is 0 Å². The Bertz CT molecular complexity index is 1230. The molecule has 0 saturated carbocycles. The van der Waals surface area contributed by atoms with E-state index in [1.807, 2.05) is 12.1 Å². The predicted molar refractivity (Wildman–Crippen MR) is 127 cm³/mol. The molecule has 0 N–H and O–H groups in total. The second-order valence-corrected chi connectivity index (χ2v) is 8.56. The van der Waals surface area contributed by atoms with Crippen LogP contribution in [0.25, 0.3) is 10.9 Å². The maximum atomic E-state index is 14.4. The van der Waals surface area contributed by atoms with Crippen molar-refractivity contribution in [1.82, 2.24) is 4.57 Å². The summed E-state index contributed by atoms with van der Waals surface area (Å²) in [5, 5.41) is 1.22. The molecule has 0 aliphatic carbocycles. The summed E-state index contributed by atoms with van der Waals surface area (Å²) in [6.45, 7) is 2.30. The number of benzene rings is 3. The average Bonchev–Trinajstić information content (AvgIpc) is 3.46. The molecule has 1 saturated heterocycles. The molecular formula is C28H28FNO3. The van der Waals surface area contributed by atoms with Gasteiger partial charge in [-0.1, -0.05) is 48.5 Å². The fourth-order valence-electron chi connectivity index (χ4n) is 4.67. The lowest BCUT2D eigenvalue weighted by atomic mass is 9.92. The molecule has 1 fully saturated rings. The Morgan fingerprint density at radius 3 is 2.64 bits per heavy atom. The summed E-state index contributed by atoms with van der Waals surface area (Å²) in [4.78, 5) is 0. The van der Waals surface area contributed by atoms with Gasteiger partial charge >= 0.3 is 0 Å². The van der Waals surface area contributed by atoms with Gasteiger partial charge in [-0.15, -0.1) is 0 Å². The Morgan fingerprint density at radius 1 is 1.03 bits per heavy atom. The zero-order valence-corrected chi connectivity index (χ0v) is 18.8. The third kappa shape index (κ3) is 4.52. The van der Waals surface area contributed by atoms with E-state index in [2.05, 4.69) is 59.3 Å². The number of halogens is 1. The number of ether oxygens (including phenoxy) is 3. The lowest BCUT2D eigenvalue weighted by Gasteiger charge is -2.26. The van der Waals surface area contributed by atoms with Crippen LogP contribution in [0.15, 0.2) is 79.0 Å². The van der Waals surface area contributed by atoms with E-state index in [0.717, 1.165) is 18.5 Å². The maximum absolute atomic E-state index is 14.4. The van der Waals surface area contributed by atoms with Crippen molar-refractivity contribution >= 4 is 10.9 Å². The molecule has 1 aliphatic heterocycles. The highest BCUT2D eigenvalue weighted by Gasteiger charge is 2.37. The van der Waals surface area contributed by atoms with E-state index < -0.39 is 5.60 Å². The summed E-state index contributed by atoms with van der Waals surface area (Å²) < 4.78 is 33.9. The van der Waals surface area contributed by atoms with E-state index in [1.54, 1.807) is 7.11 Å². The van der Waals surface area contributed by atoms with Crippen molar-refractivity contribution in [2.45, 2.75) is 25.0 Å². The lowest BCUT2D eigenvalue weighted by Crippen LogP contribution is -2.28. The minimum Gasteiger partial charge on any atom is -0.493 e. The van der Waals surface area contributed by atoms with E-state index in [-0.39, 0.29) is 5.82 Å². The van der Waals surface area contributed by atoms with Gasteiger partial charge in [0.05, 0.1) is 13.2 Å². The number of nitrogens with zero attached hydrogens (tertiary/aromatic N) is 1. The number of rotatable bonds is 8. The molecular weight excluding hydrogens is 417 g/mol. The molecule has 1 atom stereocenters. The van der Waals surface area contributed by atoms with E-state index >= 15 is 0 Å². The third-order valence-corrected chi connectivity index (χ3v) is 6.48. The molecule has 1 aliphatic rings. The smallest absolute Gasteiger partial charge is 0.127 e. The largest absolute Gasteiger partial charge is 0.493 e. The summed E-state index contributed by atoms with van der Waals surface area (Å²) in [6, 6.07) is 23.7. The topological polar surface area (TPSA) is 32.6 Å². The highest BCUT2D eigenvalue weighted by atomic mass is 19.1. The predicted octanol–water partition coefficient (Wildman–Crippen LogP) is 5.71. The monoisotopic (exact) mass is 445 g/mol. The standard InChI is InChI=1S/C28H28FNO3/c1-31-28(12-14-32-20-28)23-15-24(29)17-25(16-23)33-13-11-22-19-30(18-21-7-3-2-4-8-21)27-10-6-5-9-26(22)27/h2-10,15-17,19H,11-14,18,20H2,1H3. The quantitative estimate of drug-likeness (QED) is 0.348. The van der Waals surface area contributed by atoms with Crippen LogP contribution in [0.2, 0.25) is 0 Å². The molecule has 3 aromatic carbocycles. The fraction of sp³-hybridized carbons (Fsp3) is 0.286. The van der Waals surface area contributed by atoms with E-state index in [1.165, 1.54) is 34.2 Å². The second kappa shape index (κ2) is 9.38. The van der Waals surface area contributed by atoms with Crippen molar-refractivity contribution in [3.63, 3.8) is 0 Å². The van der Waals surface area contributed by atoms with Crippen LogP contribution in [-0.2, 0) is 28.0 Å². The lowest BCUT2D eigenvalue weighted by molar-refractivity contribution is -0.0216. The van der Waals surface area contributed by atoms with E-state index in [4.69, 9.17) is 14.2 Å². The first-order valence-corrected chi connectivity index (χ1v) is 11.3. The van der Waals surface area contributed by atoms with E-state index in [9.17, 15) is 4.39 Å². The first-order valence-electron chi connectivity index (χ1n) is 11.3. The highest BCUT2D eigenvalue weighted by molar-refractivity contribution is 5.84. The summed E-state index contributed by atoms with van der Waals surface area (Å²) in [5.74, 6) is 0.187. The van der Waals surface area contributed by atoms with Gasteiger partial charge in [0.25, 0.3) is 0 Å². The average molecular weight is 446 g/mol. The van der Waals surface area contributed by atoms with Gasteiger partial charge in [-0.25, -0.2) is 4.39 Å². The molecule has 2 heterocycles. The molecule has 5 heteroatoms. The Kier molecular flexibility index (Phi) is 6.16. The Labute approximate surface area is 193 Å². The normalized spacial score (nSPS) is 18.1. The Balaban J connectivity index is 1.33. The molecule has 1 aromatic heterocycles. The number of fused-ring (bicyclic) bond motifs is 1. The van der Waals surface area contributed by atoms with Crippen molar-refractivity contribution in [3.05, 3.63) is 102 Å². The van der Waals surface area contributed by atoms with Crippen molar-refractivity contribution in [2.24, 2.45) is 0 Å².